The molecular formula is C16H25ClN2O2. The summed E-state index contributed by atoms with van der Waals surface area (Å²) in [5, 5.41) is 6.40. The van der Waals surface area contributed by atoms with Gasteiger partial charge in [0.25, 0.3) is 0 Å². The monoisotopic (exact) mass is 312 g/mol. The van der Waals surface area contributed by atoms with Crippen LogP contribution in [0.4, 0.5) is 0 Å². The highest BCUT2D eigenvalue weighted by atomic mass is 35.5. The third kappa shape index (κ3) is 6.36. The fraction of sp³-hybridized carbons (Fsp3) is 0.562. The first-order chi connectivity index (χ1) is 9.63. The van der Waals surface area contributed by atoms with Crippen molar-refractivity contribution >= 4 is 18.3 Å². The first kappa shape index (κ1) is 17.8. The minimum atomic E-state index is 0. The summed E-state index contributed by atoms with van der Waals surface area (Å²) in [6.07, 6.45) is 2.60. The Balaban J connectivity index is 0.00000220. The normalized spacial score (nSPS) is 15.4. The second-order valence-electron chi connectivity index (χ2n) is 5.58. The summed E-state index contributed by atoms with van der Waals surface area (Å²) in [6, 6.07) is 8.09. The highest BCUT2D eigenvalue weighted by molar-refractivity contribution is 5.85. The van der Waals surface area contributed by atoms with Gasteiger partial charge in [0.1, 0.15) is 5.75 Å². The van der Waals surface area contributed by atoms with Crippen LogP contribution in [-0.2, 0) is 11.2 Å². The summed E-state index contributed by atoms with van der Waals surface area (Å²) in [6.45, 7) is 5.97. The molecule has 0 unspecified atom stereocenters. The van der Waals surface area contributed by atoms with Crippen molar-refractivity contribution in [3.63, 3.8) is 0 Å². The van der Waals surface area contributed by atoms with E-state index in [1.807, 2.05) is 38.1 Å². The van der Waals surface area contributed by atoms with Gasteiger partial charge in [0.2, 0.25) is 5.91 Å². The lowest BCUT2D eigenvalue weighted by Crippen LogP contribution is -2.43. The number of benzene rings is 1. The Morgan fingerprint density at radius 1 is 1.38 bits per heavy atom. The molecule has 118 valence electrons. The molecule has 1 heterocycles. The van der Waals surface area contributed by atoms with E-state index in [0.29, 0.717) is 12.5 Å². The molecule has 0 spiro atoms. The Bertz CT molecular complexity index is 446. The number of hydrogen-bond acceptors (Lipinski definition) is 3. The molecule has 5 heteroatoms. The maximum Gasteiger partial charge on any atom is 0.224 e. The second kappa shape index (κ2) is 8.90. The standard InChI is InChI=1S/C16H24N2O2.ClH/c1-12(2)20-15-5-3-4-13(10-15)11-16(19)18-14-6-8-17-9-7-14;/h3-5,10,12,14,17H,6-9,11H2,1-2H3,(H,18,19);1H. The maximum atomic E-state index is 12.0. The van der Waals surface area contributed by atoms with Crippen molar-refractivity contribution in [3.8, 4) is 5.75 Å². The van der Waals surface area contributed by atoms with Gasteiger partial charge in [-0.15, -0.1) is 12.4 Å². The zero-order valence-corrected chi connectivity index (χ0v) is 13.5. The summed E-state index contributed by atoms with van der Waals surface area (Å²) < 4.78 is 5.65. The van der Waals surface area contributed by atoms with Gasteiger partial charge in [-0.05, 0) is 57.5 Å². The molecule has 2 rings (SSSR count). The SMILES string of the molecule is CC(C)Oc1cccc(CC(=O)NC2CCNCC2)c1.Cl. The van der Waals surface area contributed by atoms with Gasteiger partial charge in [0.05, 0.1) is 12.5 Å². The first-order valence-electron chi connectivity index (χ1n) is 7.39. The molecule has 21 heavy (non-hydrogen) atoms. The molecule has 1 aromatic rings. The van der Waals surface area contributed by atoms with Crippen LogP contribution in [-0.4, -0.2) is 31.1 Å². The van der Waals surface area contributed by atoms with E-state index < -0.39 is 0 Å². The molecule has 2 N–H and O–H groups in total. The maximum absolute atomic E-state index is 12.0. The molecule has 0 aromatic heterocycles. The van der Waals surface area contributed by atoms with Crippen LogP contribution in [0.15, 0.2) is 24.3 Å². The Morgan fingerprint density at radius 2 is 2.10 bits per heavy atom. The number of amides is 1. The van der Waals surface area contributed by atoms with Crippen molar-refractivity contribution in [1.82, 2.24) is 10.6 Å². The van der Waals surface area contributed by atoms with E-state index in [9.17, 15) is 4.79 Å². The third-order valence-electron chi connectivity index (χ3n) is 3.34. The van der Waals surface area contributed by atoms with Crippen LogP contribution >= 0.6 is 12.4 Å². The Hall–Kier alpha value is -1.26. The molecule has 1 aromatic carbocycles. The number of rotatable bonds is 5. The quantitative estimate of drug-likeness (QED) is 0.877. The largest absolute Gasteiger partial charge is 0.491 e. The number of piperidine rings is 1. The molecule has 1 aliphatic heterocycles. The van der Waals surface area contributed by atoms with Gasteiger partial charge in [-0.1, -0.05) is 12.1 Å². The minimum absolute atomic E-state index is 0. The summed E-state index contributed by atoms with van der Waals surface area (Å²) in [5.41, 5.74) is 0.995. The lowest BCUT2D eigenvalue weighted by molar-refractivity contribution is -0.121. The highest BCUT2D eigenvalue weighted by Gasteiger charge is 2.15. The van der Waals surface area contributed by atoms with Gasteiger partial charge in [-0.2, -0.15) is 0 Å². The second-order valence-corrected chi connectivity index (χ2v) is 5.58. The lowest BCUT2D eigenvalue weighted by Gasteiger charge is -2.23. The van der Waals surface area contributed by atoms with Crippen LogP contribution in [0.3, 0.4) is 0 Å². The van der Waals surface area contributed by atoms with Gasteiger partial charge < -0.3 is 15.4 Å². The van der Waals surface area contributed by atoms with E-state index in [0.717, 1.165) is 37.2 Å². The molecule has 0 atom stereocenters. The number of carbonyl (C=O) groups is 1. The van der Waals surface area contributed by atoms with Crippen LogP contribution in [0.2, 0.25) is 0 Å². The van der Waals surface area contributed by atoms with Gasteiger partial charge in [0.15, 0.2) is 0 Å². The van der Waals surface area contributed by atoms with Crippen molar-refractivity contribution in [2.45, 2.75) is 45.3 Å². The van der Waals surface area contributed by atoms with Crippen molar-refractivity contribution in [1.29, 1.82) is 0 Å². The third-order valence-corrected chi connectivity index (χ3v) is 3.34. The molecule has 0 aliphatic carbocycles. The smallest absolute Gasteiger partial charge is 0.224 e. The average Bonchev–Trinajstić information content (AvgIpc) is 2.39. The van der Waals surface area contributed by atoms with E-state index in [1.54, 1.807) is 0 Å². The van der Waals surface area contributed by atoms with Gasteiger partial charge >= 0.3 is 0 Å². The lowest BCUT2D eigenvalue weighted by atomic mass is 10.1. The molecular weight excluding hydrogens is 288 g/mol. The molecule has 1 saturated heterocycles. The molecule has 4 nitrogen and oxygen atoms in total. The molecule has 0 radical (unpaired) electrons. The predicted octanol–water partition coefficient (Wildman–Crippen LogP) is 2.31. The van der Waals surface area contributed by atoms with Crippen LogP contribution in [0.1, 0.15) is 32.3 Å². The van der Waals surface area contributed by atoms with Crippen molar-refractivity contribution < 1.29 is 9.53 Å². The fourth-order valence-corrected chi connectivity index (χ4v) is 2.43. The first-order valence-corrected chi connectivity index (χ1v) is 7.39. The van der Waals surface area contributed by atoms with Crippen molar-refractivity contribution in [2.75, 3.05) is 13.1 Å². The summed E-state index contributed by atoms with van der Waals surface area (Å²) in [4.78, 5) is 12.0. The van der Waals surface area contributed by atoms with Crippen LogP contribution in [0.5, 0.6) is 5.75 Å². The van der Waals surface area contributed by atoms with E-state index in [2.05, 4.69) is 10.6 Å². The molecule has 1 fully saturated rings. The number of nitrogens with one attached hydrogen (secondary N) is 2. The predicted molar refractivity (Wildman–Crippen MR) is 87.2 cm³/mol. The van der Waals surface area contributed by atoms with E-state index in [-0.39, 0.29) is 24.4 Å². The van der Waals surface area contributed by atoms with Gasteiger partial charge in [0, 0.05) is 6.04 Å². The number of hydrogen-bond donors (Lipinski definition) is 2. The van der Waals surface area contributed by atoms with Crippen molar-refractivity contribution in [3.05, 3.63) is 29.8 Å². The number of carbonyl (C=O) groups excluding carboxylic acids is 1. The topological polar surface area (TPSA) is 50.4 Å². The summed E-state index contributed by atoms with van der Waals surface area (Å²) in [5.74, 6) is 0.922. The van der Waals surface area contributed by atoms with Gasteiger partial charge in [-0.25, -0.2) is 0 Å². The molecule has 0 saturated carbocycles. The van der Waals surface area contributed by atoms with Gasteiger partial charge in [-0.3, -0.25) is 4.79 Å². The van der Waals surface area contributed by atoms with E-state index in [1.165, 1.54) is 0 Å². The molecule has 1 amide bonds. The Labute approximate surface area is 133 Å². The fourth-order valence-electron chi connectivity index (χ4n) is 2.43. The summed E-state index contributed by atoms with van der Waals surface area (Å²) >= 11 is 0. The van der Waals surface area contributed by atoms with E-state index >= 15 is 0 Å². The Kier molecular flexibility index (Phi) is 7.54. The minimum Gasteiger partial charge on any atom is -0.491 e. The summed E-state index contributed by atoms with van der Waals surface area (Å²) in [7, 11) is 0. The van der Waals surface area contributed by atoms with Crippen LogP contribution in [0, 0.1) is 0 Å². The van der Waals surface area contributed by atoms with Crippen molar-refractivity contribution in [2.24, 2.45) is 0 Å². The highest BCUT2D eigenvalue weighted by Crippen LogP contribution is 2.15. The zero-order chi connectivity index (χ0) is 14.4. The van der Waals surface area contributed by atoms with E-state index in [4.69, 9.17) is 4.74 Å². The van der Waals surface area contributed by atoms with Crippen LogP contribution in [0.25, 0.3) is 0 Å². The zero-order valence-electron chi connectivity index (χ0n) is 12.7. The number of ether oxygens (including phenoxy) is 1. The number of halogens is 1. The molecule has 0 bridgehead atoms. The van der Waals surface area contributed by atoms with Crippen LogP contribution < -0.4 is 15.4 Å². The Morgan fingerprint density at radius 3 is 2.76 bits per heavy atom. The average molecular weight is 313 g/mol. The molecule has 1 aliphatic rings.